The van der Waals surface area contributed by atoms with Gasteiger partial charge in [0.05, 0.1) is 29.8 Å². The average molecular weight is 522 g/mol. The number of fused-ring (bicyclic) bond motifs is 2. The summed E-state index contributed by atoms with van der Waals surface area (Å²) in [5.41, 5.74) is 2.73. The van der Waals surface area contributed by atoms with E-state index in [4.69, 9.17) is 10.1 Å². The van der Waals surface area contributed by atoms with E-state index in [1.165, 1.54) is 6.92 Å². The zero-order chi connectivity index (χ0) is 25.4. The smallest absolute Gasteiger partial charge is 0.283 e. The molecule has 2 aliphatic heterocycles. The normalized spacial score (nSPS) is 16.9. The molecule has 3 aromatic rings. The van der Waals surface area contributed by atoms with Crippen molar-refractivity contribution >= 4 is 60.8 Å². The van der Waals surface area contributed by atoms with E-state index in [9.17, 15) is 13.2 Å². The number of amidine groups is 3. The number of amides is 1. The summed E-state index contributed by atoms with van der Waals surface area (Å²) in [5, 5.41) is 9.34. The van der Waals surface area contributed by atoms with Crippen molar-refractivity contribution in [1.82, 2.24) is 9.47 Å². The summed E-state index contributed by atoms with van der Waals surface area (Å²) in [6.07, 6.45) is 3.49. The van der Waals surface area contributed by atoms with Crippen LogP contribution in [0.5, 0.6) is 5.75 Å². The number of carbonyl (C=O) groups excluding carboxylic acids is 1. The van der Waals surface area contributed by atoms with Crippen LogP contribution in [0.4, 0.5) is 0 Å². The van der Waals surface area contributed by atoms with Crippen LogP contribution in [0.15, 0.2) is 69.7 Å². The maximum absolute atomic E-state index is 12.8. The SMILES string of the molecule is CCS(=O)(=O)C1=NSC2=NC(=O)C(=Cc3cn(CCOc4ccccc4C)c4ccccc34)C(=N)N21. The fourth-order valence-electron chi connectivity index (χ4n) is 4.03. The number of benzene rings is 2. The van der Waals surface area contributed by atoms with Gasteiger partial charge in [-0.2, -0.15) is 9.39 Å². The van der Waals surface area contributed by atoms with Gasteiger partial charge in [0.2, 0.25) is 20.2 Å². The van der Waals surface area contributed by atoms with Crippen molar-refractivity contribution in [3.8, 4) is 5.75 Å². The highest BCUT2D eigenvalue weighted by Crippen LogP contribution is 2.31. The molecule has 36 heavy (non-hydrogen) atoms. The second-order valence-electron chi connectivity index (χ2n) is 8.22. The summed E-state index contributed by atoms with van der Waals surface area (Å²) in [5.74, 6) is -0.211. The number of nitrogens with zero attached hydrogens (tertiary/aromatic N) is 4. The van der Waals surface area contributed by atoms with E-state index >= 15 is 0 Å². The average Bonchev–Trinajstić information content (AvgIpc) is 3.45. The van der Waals surface area contributed by atoms with Gasteiger partial charge in [-0.25, -0.2) is 13.3 Å². The summed E-state index contributed by atoms with van der Waals surface area (Å²) < 4.78 is 37.0. The highest BCUT2D eigenvalue weighted by molar-refractivity contribution is 8.16. The summed E-state index contributed by atoms with van der Waals surface area (Å²) in [4.78, 5) is 17.9. The first-order valence-corrected chi connectivity index (χ1v) is 13.7. The van der Waals surface area contributed by atoms with Crippen LogP contribution in [0.2, 0.25) is 0 Å². The molecule has 1 amide bonds. The molecule has 5 rings (SSSR count). The highest BCUT2D eigenvalue weighted by atomic mass is 32.2. The molecule has 2 aromatic carbocycles. The number of aryl methyl sites for hydroxylation is 1. The molecule has 0 radical (unpaired) electrons. The molecular weight excluding hydrogens is 498 g/mol. The second-order valence-corrected chi connectivity index (χ2v) is 11.1. The fourth-order valence-corrected chi connectivity index (χ4v) is 5.99. The van der Waals surface area contributed by atoms with Gasteiger partial charge in [-0.1, -0.05) is 43.3 Å². The molecule has 0 fully saturated rings. The molecule has 0 unspecified atom stereocenters. The molecule has 11 heteroatoms. The van der Waals surface area contributed by atoms with Gasteiger partial charge in [0.1, 0.15) is 18.2 Å². The quantitative estimate of drug-likeness (QED) is 0.387. The molecule has 0 aliphatic carbocycles. The van der Waals surface area contributed by atoms with E-state index in [0.29, 0.717) is 13.2 Å². The molecule has 2 aliphatic rings. The Morgan fingerprint density at radius 1 is 1.14 bits per heavy atom. The van der Waals surface area contributed by atoms with Gasteiger partial charge in [-0.05, 0) is 30.7 Å². The standard InChI is InChI=1S/C25H23N5O4S2/c1-3-36(32,33)25-28-35-24-27-23(31)19(22(26)30(24)25)14-17-15-29(20-10-6-5-9-18(17)20)12-13-34-21-11-7-4-8-16(21)2/h4-11,14-15,26H,3,12-13H2,1-2H3. The molecule has 9 nitrogen and oxygen atoms in total. The highest BCUT2D eigenvalue weighted by Gasteiger charge is 2.42. The van der Waals surface area contributed by atoms with Crippen molar-refractivity contribution in [2.45, 2.75) is 20.4 Å². The fraction of sp³-hybridized carbons (Fsp3) is 0.200. The van der Waals surface area contributed by atoms with Gasteiger partial charge in [0, 0.05) is 22.7 Å². The number of ether oxygens (including phenoxy) is 1. The van der Waals surface area contributed by atoms with Crippen molar-refractivity contribution in [3.63, 3.8) is 0 Å². The van der Waals surface area contributed by atoms with Crippen LogP contribution in [0, 0.1) is 12.3 Å². The van der Waals surface area contributed by atoms with Crippen molar-refractivity contribution in [2.75, 3.05) is 12.4 Å². The van der Waals surface area contributed by atoms with E-state index in [-0.39, 0.29) is 27.5 Å². The lowest BCUT2D eigenvalue weighted by molar-refractivity contribution is -0.114. The minimum absolute atomic E-state index is 0.000633. The van der Waals surface area contributed by atoms with Gasteiger partial charge in [0.25, 0.3) is 5.91 Å². The van der Waals surface area contributed by atoms with Gasteiger partial charge in [-0.15, -0.1) is 0 Å². The number of aromatic nitrogens is 1. The zero-order valence-corrected chi connectivity index (χ0v) is 21.3. The molecule has 0 saturated carbocycles. The molecule has 3 heterocycles. The topological polar surface area (TPSA) is 117 Å². The molecule has 0 atom stereocenters. The Hall–Kier alpha value is -3.70. The monoisotopic (exact) mass is 521 g/mol. The maximum Gasteiger partial charge on any atom is 0.283 e. The number of para-hydroxylation sites is 2. The summed E-state index contributed by atoms with van der Waals surface area (Å²) >= 11 is 0.785. The van der Waals surface area contributed by atoms with Crippen LogP contribution >= 0.6 is 11.9 Å². The number of hydrogen-bond acceptors (Lipinski definition) is 7. The summed E-state index contributed by atoms with van der Waals surface area (Å²) in [7, 11) is -3.70. The lowest BCUT2D eigenvalue weighted by atomic mass is 10.1. The number of nitrogens with one attached hydrogen (secondary N) is 1. The Morgan fingerprint density at radius 2 is 1.89 bits per heavy atom. The molecule has 0 saturated heterocycles. The first-order chi connectivity index (χ1) is 17.3. The Kier molecular flexibility index (Phi) is 6.27. The molecular formula is C25H23N5O4S2. The van der Waals surface area contributed by atoms with Crippen LogP contribution in [0.25, 0.3) is 17.0 Å². The molecule has 1 N–H and O–H groups in total. The minimum Gasteiger partial charge on any atom is -0.491 e. The van der Waals surface area contributed by atoms with Gasteiger partial charge in [-0.3, -0.25) is 10.2 Å². The van der Waals surface area contributed by atoms with E-state index in [1.807, 2.05) is 66.2 Å². The van der Waals surface area contributed by atoms with Gasteiger partial charge in [0.15, 0.2) is 0 Å². The Balaban J connectivity index is 1.47. The van der Waals surface area contributed by atoms with Crippen LogP contribution in [0.3, 0.4) is 0 Å². The van der Waals surface area contributed by atoms with Crippen LogP contribution in [-0.2, 0) is 21.2 Å². The predicted octanol–water partition coefficient (Wildman–Crippen LogP) is 4.04. The van der Waals surface area contributed by atoms with Crippen molar-refractivity contribution < 1.29 is 17.9 Å². The van der Waals surface area contributed by atoms with Crippen molar-refractivity contribution in [3.05, 3.63) is 71.4 Å². The lowest BCUT2D eigenvalue weighted by Crippen LogP contribution is -2.45. The van der Waals surface area contributed by atoms with Crippen molar-refractivity contribution in [2.24, 2.45) is 9.39 Å². The first-order valence-electron chi connectivity index (χ1n) is 11.3. The number of carbonyl (C=O) groups is 1. The van der Waals surface area contributed by atoms with Gasteiger partial charge >= 0.3 is 0 Å². The maximum atomic E-state index is 12.8. The number of aliphatic imine (C=N–C) groups is 1. The third-order valence-electron chi connectivity index (χ3n) is 5.96. The van der Waals surface area contributed by atoms with E-state index in [2.05, 4.69) is 9.39 Å². The van der Waals surface area contributed by atoms with Gasteiger partial charge < -0.3 is 9.30 Å². The Morgan fingerprint density at radius 3 is 2.67 bits per heavy atom. The van der Waals surface area contributed by atoms with Crippen LogP contribution in [0.1, 0.15) is 18.1 Å². The second kappa shape index (κ2) is 9.40. The Labute approximate surface area is 212 Å². The van der Waals surface area contributed by atoms with E-state index in [0.717, 1.165) is 44.6 Å². The van der Waals surface area contributed by atoms with Crippen molar-refractivity contribution in [1.29, 1.82) is 5.41 Å². The Bertz CT molecular complexity index is 1600. The molecule has 0 spiro atoms. The summed E-state index contributed by atoms with van der Waals surface area (Å²) in [6, 6.07) is 15.6. The lowest BCUT2D eigenvalue weighted by Gasteiger charge is -2.24. The van der Waals surface area contributed by atoms with E-state index in [1.54, 1.807) is 6.08 Å². The number of sulfone groups is 1. The molecule has 184 valence electrons. The third-order valence-corrected chi connectivity index (χ3v) is 8.36. The largest absolute Gasteiger partial charge is 0.491 e. The number of rotatable bonds is 6. The summed E-state index contributed by atoms with van der Waals surface area (Å²) in [6.45, 7) is 4.52. The predicted molar refractivity (Wildman–Crippen MR) is 143 cm³/mol. The molecule has 1 aromatic heterocycles. The van der Waals surface area contributed by atoms with E-state index < -0.39 is 15.7 Å². The van der Waals surface area contributed by atoms with Crippen LogP contribution < -0.4 is 4.74 Å². The minimum atomic E-state index is -3.70. The number of hydrogen-bond donors (Lipinski definition) is 1. The zero-order valence-electron chi connectivity index (χ0n) is 19.6. The van der Waals surface area contributed by atoms with Crippen LogP contribution in [-0.4, -0.2) is 52.3 Å². The third kappa shape index (κ3) is 4.24. The first kappa shape index (κ1) is 24.0. The molecule has 0 bridgehead atoms.